The van der Waals surface area contributed by atoms with E-state index < -0.39 is 10.9 Å². The van der Waals surface area contributed by atoms with E-state index >= 15 is 0 Å². The molecule has 25 heavy (non-hydrogen) atoms. The lowest BCUT2D eigenvalue weighted by Crippen LogP contribution is -2.07. The van der Waals surface area contributed by atoms with Gasteiger partial charge in [-0.1, -0.05) is 18.2 Å². The number of nitrogens with zero attached hydrogens (tertiary/aromatic N) is 1. The molecule has 0 atom stereocenters. The molecular weight excluding hydrogens is 324 g/mol. The van der Waals surface area contributed by atoms with Gasteiger partial charge in [-0.15, -0.1) is 0 Å². The molecular formula is C18H18N2O5. The maximum Gasteiger partial charge on any atom is 0.330 e. The molecule has 0 saturated carbocycles. The molecule has 2 aromatic carbocycles. The zero-order valence-electron chi connectivity index (χ0n) is 13.6. The van der Waals surface area contributed by atoms with Crippen LogP contribution in [0.5, 0.6) is 5.75 Å². The van der Waals surface area contributed by atoms with Crippen LogP contribution >= 0.6 is 0 Å². The van der Waals surface area contributed by atoms with Crippen molar-refractivity contribution >= 4 is 23.4 Å². The molecule has 0 fully saturated rings. The molecule has 130 valence electrons. The van der Waals surface area contributed by atoms with E-state index in [1.807, 2.05) is 0 Å². The van der Waals surface area contributed by atoms with Crippen molar-refractivity contribution in [3.63, 3.8) is 0 Å². The van der Waals surface area contributed by atoms with Crippen LogP contribution in [0.15, 0.2) is 48.5 Å². The zero-order valence-corrected chi connectivity index (χ0v) is 13.6. The van der Waals surface area contributed by atoms with Gasteiger partial charge in [0.1, 0.15) is 11.4 Å². The highest BCUT2D eigenvalue weighted by Crippen LogP contribution is 2.26. The quantitative estimate of drug-likeness (QED) is 0.347. The Morgan fingerprint density at radius 2 is 2.00 bits per heavy atom. The van der Waals surface area contributed by atoms with Crippen molar-refractivity contribution in [1.29, 1.82) is 0 Å². The van der Waals surface area contributed by atoms with Gasteiger partial charge in [0.05, 0.1) is 12.0 Å². The lowest BCUT2D eigenvalue weighted by Gasteiger charge is -2.08. The second kappa shape index (κ2) is 8.49. The van der Waals surface area contributed by atoms with E-state index in [0.717, 1.165) is 5.56 Å². The molecule has 2 rings (SSSR count). The van der Waals surface area contributed by atoms with Crippen LogP contribution in [0.1, 0.15) is 11.1 Å². The lowest BCUT2D eigenvalue weighted by atomic mass is 10.1. The number of rotatable bonds is 7. The SMILES string of the molecule is COC(=O)/C=C/c1ccc(NCCc2ccc(O)cc2)c([N+](=O)[O-])c1. The summed E-state index contributed by atoms with van der Waals surface area (Å²) < 4.78 is 4.49. The number of benzene rings is 2. The average Bonchev–Trinajstić information content (AvgIpc) is 2.61. The number of nitrogens with one attached hydrogen (secondary N) is 1. The minimum atomic E-state index is -0.529. The summed E-state index contributed by atoms with van der Waals surface area (Å²) in [5, 5.41) is 23.6. The first-order chi connectivity index (χ1) is 12.0. The summed E-state index contributed by atoms with van der Waals surface area (Å²) in [6, 6.07) is 11.5. The highest BCUT2D eigenvalue weighted by Gasteiger charge is 2.13. The Bertz CT molecular complexity index is 785. The average molecular weight is 342 g/mol. The molecule has 0 aliphatic carbocycles. The van der Waals surface area contributed by atoms with Crippen LogP contribution in [0.2, 0.25) is 0 Å². The number of carbonyl (C=O) groups excluding carboxylic acids is 1. The molecule has 0 aromatic heterocycles. The molecule has 7 nitrogen and oxygen atoms in total. The minimum absolute atomic E-state index is 0.0716. The van der Waals surface area contributed by atoms with E-state index in [1.165, 1.54) is 25.3 Å². The summed E-state index contributed by atoms with van der Waals surface area (Å²) in [6.07, 6.45) is 3.32. The third-order valence-corrected chi connectivity index (χ3v) is 3.50. The van der Waals surface area contributed by atoms with Crippen molar-refractivity contribution in [2.45, 2.75) is 6.42 Å². The first-order valence-electron chi connectivity index (χ1n) is 7.56. The number of methoxy groups -OCH3 is 1. The van der Waals surface area contributed by atoms with Gasteiger partial charge in [0.15, 0.2) is 0 Å². The molecule has 2 N–H and O–H groups in total. The van der Waals surface area contributed by atoms with Crippen LogP contribution in [0.3, 0.4) is 0 Å². The Hall–Kier alpha value is -3.35. The van der Waals surface area contributed by atoms with Crippen molar-refractivity contribution in [1.82, 2.24) is 0 Å². The monoisotopic (exact) mass is 342 g/mol. The van der Waals surface area contributed by atoms with Crippen LogP contribution < -0.4 is 5.32 Å². The molecule has 0 spiro atoms. The maximum absolute atomic E-state index is 11.3. The number of phenolic OH excluding ortho intramolecular Hbond substituents is 1. The van der Waals surface area contributed by atoms with E-state index in [9.17, 15) is 20.0 Å². The maximum atomic E-state index is 11.3. The van der Waals surface area contributed by atoms with E-state index in [1.54, 1.807) is 36.4 Å². The second-order valence-electron chi connectivity index (χ2n) is 5.23. The molecule has 0 aliphatic rings. The van der Waals surface area contributed by atoms with Gasteiger partial charge in [0, 0.05) is 18.7 Å². The molecule has 0 aliphatic heterocycles. The van der Waals surface area contributed by atoms with Crippen molar-refractivity contribution in [2.75, 3.05) is 19.0 Å². The number of phenols is 1. The van der Waals surface area contributed by atoms with Crippen molar-refractivity contribution in [2.24, 2.45) is 0 Å². The van der Waals surface area contributed by atoms with E-state index in [-0.39, 0.29) is 11.4 Å². The lowest BCUT2D eigenvalue weighted by molar-refractivity contribution is -0.384. The van der Waals surface area contributed by atoms with Crippen LogP contribution in [0.25, 0.3) is 6.08 Å². The van der Waals surface area contributed by atoms with E-state index in [2.05, 4.69) is 10.1 Å². The number of nitro benzene ring substituents is 1. The van der Waals surface area contributed by atoms with Crippen molar-refractivity contribution in [3.05, 3.63) is 69.8 Å². The minimum Gasteiger partial charge on any atom is -0.508 e. The van der Waals surface area contributed by atoms with Gasteiger partial charge in [-0.3, -0.25) is 10.1 Å². The zero-order chi connectivity index (χ0) is 18.2. The highest BCUT2D eigenvalue weighted by molar-refractivity contribution is 5.87. The number of carbonyl (C=O) groups is 1. The van der Waals surface area contributed by atoms with Gasteiger partial charge in [0.2, 0.25) is 0 Å². The van der Waals surface area contributed by atoms with Gasteiger partial charge in [-0.25, -0.2) is 4.79 Å². The summed E-state index contributed by atoms with van der Waals surface area (Å²) >= 11 is 0. The fourth-order valence-corrected chi connectivity index (χ4v) is 2.19. The summed E-state index contributed by atoms with van der Waals surface area (Å²) in [6.45, 7) is 0.503. The van der Waals surface area contributed by atoms with Crippen LogP contribution in [0, 0.1) is 10.1 Å². The summed E-state index contributed by atoms with van der Waals surface area (Å²) in [5.74, 6) is -0.332. The van der Waals surface area contributed by atoms with Gasteiger partial charge < -0.3 is 15.2 Å². The first-order valence-corrected chi connectivity index (χ1v) is 7.56. The van der Waals surface area contributed by atoms with Crippen LogP contribution in [-0.2, 0) is 16.0 Å². The predicted octanol–water partition coefficient (Wildman–Crippen LogP) is 3.14. The fraction of sp³-hybridized carbons (Fsp3) is 0.167. The number of nitro groups is 1. The largest absolute Gasteiger partial charge is 0.508 e. The van der Waals surface area contributed by atoms with Crippen LogP contribution in [-0.4, -0.2) is 29.7 Å². The van der Waals surface area contributed by atoms with E-state index in [4.69, 9.17) is 0 Å². The molecule has 2 aromatic rings. The number of esters is 1. The number of hydrogen-bond acceptors (Lipinski definition) is 6. The Morgan fingerprint density at radius 3 is 2.64 bits per heavy atom. The van der Waals surface area contributed by atoms with Crippen molar-refractivity contribution in [3.8, 4) is 5.75 Å². The van der Waals surface area contributed by atoms with Gasteiger partial charge >= 0.3 is 5.97 Å². The number of anilines is 1. The smallest absolute Gasteiger partial charge is 0.330 e. The standard InChI is InChI=1S/C18H18N2O5/c1-25-18(22)9-5-14-4-8-16(17(12-14)20(23)24)19-11-10-13-2-6-15(21)7-3-13/h2-9,12,19,21H,10-11H2,1H3/b9-5+. The van der Waals surface area contributed by atoms with Gasteiger partial charge in [0.25, 0.3) is 5.69 Å². The fourth-order valence-electron chi connectivity index (χ4n) is 2.19. The molecule has 0 bridgehead atoms. The molecule has 7 heteroatoms. The number of hydrogen-bond donors (Lipinski definition) is 2. The van der Waals surface area contributed by atoms with Gasteiger partial charge in [-0.2, -0.15) is 0 Å². The molecule has 0 saturated heterocycles. The Balaban J connectivity index is 2.06. The predicted molar refractivity (Wildman–Crippen MR) is 94.4 cm³/mol. The van der Waals surface area contributed by atoms with Gasteiger partial charge in [-0.05, 0) is 41.8 Å². The number of ether oxygens (including phenoxy) is 1. The molecule has 0 amide bonds. The summed E-state index contributed by atoms with van der Waals surface area (Å²) in [4.78, 5) is 21.9. The first kappa shape index (κ1) is 18.0. The second-order valence-corrected chi connectivity index (χ2v) is 5.23. The summed E-state index contributed by atoms with van der Waals surface area (Å²) in [5.41, 5.74) is 1.86. The van der Waals surface area contributed by atoms with E-state index in [0.29, 0.717) is 24.2 Å². The van der Waals surface area contributed by atoms with Crippen molar-refractivity contribution < 1.29 is 19.6 Å². The molecule has 0 heterocycles. The summed E-state index contributed by atoms with van der Waals surface area (Å²) in [7, 11) is 1.26. The normalized spacial score (nSPS) is 10.6. The third kappa shape index (κ3) is 5.35. The number of aromatic hydroxyl groups is 1. The Morgan fingerprint density at radius 1 is 1.28 bits per heavy atom. The molecule has 0 radical (unpaired) electrons. The topological polar surface area (TPSA) is 102 Å². The molecule has 0 unspecified atom stereocenters. The Labute approximate surface area is 144 Å². The Kier molecular flexibility index (Phi) is 6.11. The highest BCUT2D eigenvalue weighted by atomic mass is 16.6. The van der Waals surface area contributed by atoms with Crippen LogP contribution in [0.4, 0.5) is 11.4 Å². The third-order valence-electron chi connectivity index (χ3n) is 3.50.